The van der Waals surface area contributed by atoms with Gasteiger partial charge in [-0.15, -0.1) is 0 Å². The topological polar surface area (TPSA) is 153 Å². The quantitative estimate of drug-likeness (QED) is 0.0734. The monoisotopic (exact) mass is 883 g/mol. The molecule has 0 bridgehead atoms. The number of rotatable bonds is 15. The van der Waals surface area contributed by atoms with E-state index in [1.165, 1.54) is 57.4 Å². The number of hydrogen-bond acceptors (Lipinski definition) is 11. The molecule has 0 radical (unpaired) electrons. The number of carbonyl (C=O) groups excluding carboxylic acids is 3. The molecular formula is C41H64Cl3NO11S. The van der Waals surface area contributed by atoms with Crippen LogP contribution in [0, 0.1) is 46.3 Å². The second-order valence-corrected chi connectivity index (χ2v) is 22.2. The Balaban J connectivity index is 1.37. The summed E-state index contributed by atoms with van der Waals surface area (Å²) in [4.78, 5) is 36.7. The van der Waals surface area contributed by atoms with Gasteiger partial charge in [-0.3, -0.25) is 18.6 Å². The van der Waals surface area contributed by atoms with Crippen molar-refractivity contribution in [2.75, 3.05) is 13.2 Å². The van der Waals surface area contributed by atoms with Gasteiger partial charge in [0.15, 0.2) is 18.5 Å². The summed E-state index contributed by atoms with van der Waals surface area (Å²) in [7, 11) is -4.72. The normalized spacial score (nSPS) is 37.3. The van der Waals surface area contributed by atoms with E-state index in [1.54, 1.807) is 0 Å². The van der Waals surface area contributed by atoms with E-state index in [-0.39, 0.29) is 5.41 Å². The van der Waals surface area contributed by atoms with Gasteiger partial charge < -0.3 is 23.7 Å². The second-order valence-electron chi connectivity index (χ2n) is 18.3. The summed E-state index contributed by atoms with van der Waals surface area (Å²) in [5, 5.41) is 0. The highest BCUT2D eigenvalue weighted by Gasteiger charge is 2.60. The summed E-state index contributed by atoms with van der Waals surface area (Å²) in [6.45, 7) is 14.4. The molecule has 5 aliphatic rings. The maximum Gasteiger partial charge on any atom is 0.336 e. The third kappa shape index (κ3) is 11.4. The van der Waals surface area contributed by atoms with Crippen molar-refractivity contribution >= 4 is 63.0 Å². The molecule has 4 aliphatic carbocycles. The number of hydrogen-bond donors (Lipinski definition) is 1. The third-order valence-electron chi connectivity index (χ3n) is 13.9. The lowest BCUT2D eigenvalue weighted by Gasteiger charge is -2.58. The molecule has 57 heavy (non-hydrogen) atoms. The van der Waals surface area contributed by atoms with E-state index in [4.69, 9.17) is 62.7 Å². The molecule has 1 aliphatic heterocycles. The van der Waals surface area contributed by atoms with Gasteiger partial charge in [-0.2, -0.15) is 13.1 Å². The zero-order valence-electron chi connectivity index (χ0n) is 34.7. The lowest BCUT2D eigenvalue weighted by molar-refractivity contribution is -0.288. The average molecular weight is 885 g/mol. The lowest BCUT2D eigenvalue weighted by Crippen LogP contribution is -2.67. The number of fused-ring (bicyclic) bond motifs is 5. The predicted octanol–water partition coefficient (Wildman–Crippen LogP) is 8.15. The molecule has 3 saturated carbocycles. The van der Waals surface area contributed by atoms with Crippen LogP contribution in [0.15, 0.2) is 11.6 Å². The van der Waals surface area contributed by atoms with Crippen LogP contribution in [0.2, 0.25) is 0 Å². The molecule has 0 amide bonds. The molecule has 1 unspecified atom stereocenters. The number of alkyl halides is 3. The Labute approximate surface area is 354 Å². The van der Waals surface area contributed by atoms with Gasteiger partial charge in [0.2, 0.25) is 3.79 Å². The van der Waals surface area contributed by atoms with Crippen LogP contribution in [0.25, 0.3) is 0 Å². The molecule has 5 rings (SSSR count). The second kappa shape index (κ2) is 18.8. The van der Waals surface area contributed by atoms with Crippen molar-refractivity contribution in [3.05, 3.63) is 11.6 Å². The summed E-state index contributed by atoms with van der Waals surface area (Å²) < 4.78 is 61.1. The van der Waals surface area contributed by atoms with Crippen LogP contribution >= 0.6 is 34.8 Å². The fourth-order valence-corrected chi connectivity index (χ4v) is 12.8. The third-order valence-corrected chi connectivity index (χ3v) is 15.3. The minimum Gasteiger partial charge on any atom is -0.463 e. The van der Waals surface area contributed by atoms with E-state index in [1.807, 2.05) is 0 Å². The van der Waals surface area contributed by atoms with Crippen molar-refractivity contribution in [1.29, 1.82) is 0 Å². The van der Waals surface area contributed by atoms with Gasteiger partial charge in [-0.25, -0.2) is 0 Å². The molecule has 326 valence electrons. The first-order valence-corrected chi connectivity index (χ1v) is 23.3. The first-order chi connectivity index (χ1) is 26.5. The molecule has 0 aromatic rings. The maximum absolute atomic E-state index is 13.3. The molecule has 1 saturated heterocycles. The van der Waals surface area contributed by atoms with Crippen LogP contribution in [0.4, 0.5) is 0 Å². The van der Waals surface area contributed by atoms with E-state index < -0.39 is 82.0 Å². The smallest absolute Gasteiger partial charge is 0.336 e. The van der Waals surface area contributed by atoms with Crippen molar-refractivity contribution in [3.63, 3.8) is 0 Å². The summed E-state index contributed by atoms with van der Waals surface area (Å²) in [5.41, 5.74) is 1.71. The Kier molecular flexibility index (Phi) is 15.5. The van der Waals surface area contributed by atoms with Gasteiger partial charge in [-0.05, 0) is 97.7 Å². The molecule has 0 aromatic heterocycles. The molecular weight excluding hydrogens is 821 g/mol. The van der Waals surface area contributed by atoms with Crippen LogP contribution < -0.4 is 4.72 Å². The van der Waals surface area contributed by atoms with E-state index in [0.29, 0.717) is 36.0 Å². The largest absolute Gasteiger partial charge is 0.463 e. The summed E-state index contributed by atoms with van der Waals surface area (Å²) >= 11 is 17.3. The molecule has 1 heterocycles. The molecule has 12 nitrogen and oxygen atoms in total. The minimum atomic E-state index is -4.72. The van der Waals surface area contributed by atoms with Gasteiger partial charge in [0.25, 0.3) is 0 Å². The van der Waals surface area contributed by atoms with Crippen LogP contribution in [0.1, 0.15) is 126 Å². The fourth-order valence-electron chi connectivity index (χ4n) is 11.4. The highest BCUT2D eigenvalue weighted by atomic mass is 35.6. The number of esters is 3. The average Bonchev–Trinajstić information content (AvgIpc) is 3.45. The summed E-state index contributed by atoms with van der Waals surface area (Å²) in [6, 6.07) is -1.50. The zero-order valence-corrected chi connectivity index (χ0v) is 37.8. The highest BCUT2D eigenvalue weighted by Crippen LogP contribution is 2.67. The Morgan fingerprint density at radius 3 is 2.25 bits per heavy atom. The molecule has 1 N–H and O–H groups in total. The van der Waals surface area contributed by atoms with Crippen LogP contribution in [0.5, 0.6) is 0 Å². The zero-order chi connectivity index (χ0) is 42.1. The van der Waals surface area contributed by atoms with Crippen molar-refractivity contribution in [2.45, 2.75) is 167 Å². The number of allylic oxidation sites excluding steroid dienone is 1. The Bertz CT molecular complexity index is 1590. The number of halogens is 3. The van der Waals surface area contributed by atoms with Crippen molar-refractivity contribution in [2.24, 2.45) is 46.3 Å². The Morgan fingerprint density at radius 2 is 1.61 bits per heavy atom. The van der Waals surface area contributed by atoms with Crippen molar-refractivity contribution in [3.8, 4) is 0 Å². The van der Waals surface area contributed by atoms with Gasteiger partial charge in [-0.1, -0.05) is 100 Å². The van der Waals surface area contributed by atoms with Gasteiger partial charge in [0, 0.05) is 20.8 Å². The molecule has 16 heteroatoms. The van der Waals surface area contributed by atoms with Gasteiger partial charge in [0.1, 0.15) is 25.4 Å². The number of ether oxygens (including phenoxy) is 5. The van der Waals surface area contributed by atoms with Crippen LogP contribution in [0.3, 0.4) is 0 Å². The highest BCUT2D eigenvalue weighted by molar-refractivity contribution is 7.84. The van der Waals surface area contributed by atoms with E-state index >= 15 is 0 Å². The number of nitrogens with one attached hydrogen (secondary N) is 1. The maximum atomic E-state index is 13.3. The molecule has 13 atom stereocenters. The Hall–Kier alpha value is -1.19. The van der Waals surface area contributed by atoms with Crippen LogP contribution in [-0.2, 0) is 52.6 Å². The summed E-state index contributed by atoms with van der Waals surface area (Å²) in [5.74, 6) is 1.96. The van der Waals surface area contributed by atoms with Crippen LogP contribution in [-0.4, -0.2) is 80.1 Å². The van der Waals surface area contributed by atoms with E-state index in [0.717, 1.165) is 44.4 Å². The molecule has 0 aromatic carbocycles. The van der Waals surface area contributed by atoms with E-state index in [9.17, 15) is 22.8 Å². The van der Waals surface area contributed by atoms with E-state index in [2.05, 4.69) is 45.4 Å². The number of carbonyl (C=O) groups is 3. The van der Waals surface area contributed by atoms with Gasteiger partial charge >= 0.3 is 28.2 Å². The SMILES string of the molecule is CC(=O)OC[C@H]1O[C@@H](OC2CC[C@@]3(C)C(=CC[C@H]4[C@@H]5CC[C@H]([C@H](C)CCCC(C)C)[C@@]5(C)CC[C@@H]43)C2)[C@H](NS(=O)(=O)OCC(Cl)(Cl)Cl)[C@@H](OC(C)=O)[C@@H]1OC(C)=O. The van der Waals surface area contributed by atoms with Crippen molar-refractivity contribution in [1.82, 2.24) is 4.72 Å². The standard InChI is InChI=1S/C41H64Cl3NO11S/c1-23(2)10-9-11-24(3)31-14-15-32-30-13-12-28-20-29(16-18-39(28,7)33(30)17-19-40(31,32)8)55-38-35(45-57(49,50)52-22-41(42,43)44)37(54-27(6)48)36(53-26(5)47)34(56-38)21-51-25(4)46/h12,23-24,29-38,45H,9-11,13-22H2,1-8H3/t24-,29?,30+,31-,32+,33+,34-,35-,36-,37-,38-,39+,40-/m1/s1. The van der Waals surface area contributed by atoms with Crippen molar-refractivity contribution < 1.29 is 50.7 Å². The molecule has 4 fully saturated rings. The Morgan fingerprint density at radius 1 is 0.930 bits per heavy atom. The summed E-state index contributed by atoms with van der Waals surface area (Å²) in [6.07, 6.45) is 8.69. The fraction of sp³-hybridized carbons (Fsp3) is 0.878. The molecule has 0 spiro atoms. The minimum absolute atomic E-state index is 0.00304. The van der Waals surface area contributed by atoms with Gasteiger partial charge in [0.05, 0.1) is 6.10 Å². The predicted molar refractivity (Wildman–Crippen MR) is 216 cm³/mol. The first-order valence-electron chi connectivity index (χ1n) is 20.7. The first kappa shape index (κ1) is 46.9. The lowest BCUT2D eigenvalue weighted by atomic mass is 9.47.